The van der Waals surface area contributed by atoms with Gasteiger partial charge in [0.05, 0.1) is 13.5 Å². The fourth-order valence-electron chi connectivity index (χ4n) is 1.81. The van der Waals surface area contributed by atoms with Gasteiger partial charge >= 0.3 is 23.9 Å². The molecule has 9 nitrogen and oxygen atoms in total. The van der Waals surface area contributed by atoms with Crippen molar-refractivity contribution in [1.29, 1.82) is 0 Å². The van der Waals surface area contributed by atoms with Crippen molar-refractivity contribution >= 4 is 30.0 Å². The van der Waals surface area contributed by atoms with Crippen LogP contribution in [0.3, 0.4) is 0 Å². The Balaban J connectivity index is 2.86. The van der Waals surface area contributed by atoms with Crippen molar-refractivity contribution < 1.29 is 44.0 Å². The number of carbonyl (C=O) groups excluding carboxylic acids is 2. The van der Waals surface area contributed by atoms with Crippen molar-refractivity contribution in [2.45, 2.75) is 12.5 Å². The van der Waals surface area contributed by atoms with Crippen LogP contribution in [0, 0.1) is 5.92 Å². The molecule has 0 radical (unpaired) electrons. The Kier molecular flexibility index (Phi) is 7.14. The molecule has 0 bridgehead atoms. The van der Waals surface area contributed by atoms with Gasteiger partial charge in [0.15, 0.2) is 0 Å². The van der Waals surface area contributed by atoms with Crippen molar-refractivity contribution in [3.05, 3.63) is 35.9 Å². The van der Waals surface area contributed by atoms with Gasteiger partial charge in [-0.3, -0.25) is 9.59 Å². The van der Waals surface area contributed by atoms with Crippen LogP contribution in [0.15, 0.2) is 30.3 Å². The van der Waals surface area contributed by atoms with Crippen LogP contribution in [0.4, 0.5) is 0 Å². The summed E-state index contributed by atoms with van der Waals surface area (Å²) in [6.45, 7) is 0. The maximum atomic E-state index is 11.7. The van der Waals surface area contributed by atoms with Crippen molar-refractivity contribution in [2.24, 2.45) is 5.92 Å². The normalized spacial score (nSPS) is 13.0. The van der Waals surface area contributed by atoms with Gasteiger partial charge in [-0.25, -0.2) is 9.59 Å². The second-order valence-corrected chi connectivity index (χ2v) is 4.85. The lowest BCUT2D eigenvalue weighted by Gasteiger charge is -2.19. The van der Waals surface area contributed by atoms with Gasteiger partial charge in [0, 0.05) is 6.08 Å². The van der Waals surface area contributed by atoms with E-state index >= 15 is 0 Å². The zero-order valence-electron chi connectivity index (χ0n) is 13.1. The quantitative estimate of drug-likeness (QED) is 0.453. The molecule has 25 heavy (non-hydrogen) atoms. The molecule has 0 heterocycles. The number of benzene rings is 1. The molecule has 1 aromatic rings. The highest BCUT2D eigenvalue weighted by atomic mass is 16.6. The first-order valence-corrected chi connectivity index (χ1v) is 6.94. The van der Waals surface area contributed by atoms with E-state index < -0.39 is 42.3 Å². The fourth-order valence-corrected chi connectivity index (χ4v) is 1.81. The number of hydrogen-bond acceptors (Lipinski definition) is 7. The van der Waals surface area contributed by atoms with Crippen LogP contribution in [0.2, 0.25) is 0 Å². The summed E-state index contributed by atoms with van der Waals surface area (Å²) >= 11 is 0. The van der Waals surface area contributed by atoms with Gasteiger partial charge < -0.3 is 24.8 Å². The molecule has 0 saturated carbocycles. The highest BCUT2D eigenvalue weighted by Gasteiger charge is 2.38. The van der Waals surface area contributed by atoms with Crippen molar-refractivity contribution in [1.82, 2.24) is 0 Å². The van der Waals surface area contributed by atoms with E-state index in [2.05, 4.69) is 9.47 Å². The van der Waals surface area contributed by atoms with Gasteiger partial charge in [-0.1, -0.05) is 12.1 Å². The first kappa shape index (κ1) is 19.7. The molecule has 9 heteroatoms. The largest absolute Gasteiger partial charge is 0.508 e. The predicted octanol–water partition coefficient (Wildman–Crippen LogP) is 0.666. The van der Waals surface area contributed by atoms with Crippen LogP contribution in [0.5, 0.6) is 5.75 Å². The summed E-state index contributed by atoms with van der Waals surface area (Å²) in [4.78, 5) is 45.4. The zero-order valence-corrected chi connectivity index (χ0v) is 13.1. The van der Waals surface area contributed by atoms with Gasteiger partial charge in [0.25, 0.3) is 0 Å². The van der Waals surface area contributed by atoms with Crippen LogP contribution >= 0.6 is 0 Å². The third-order valence-electron chi connectivity index (χ3n) is 3.09. The van der Waals surface area contributed by atoms with E-state index in [-0.39, 0.29) is 5.75 Å². The molecule has 0 aliphatic rings. The summed E-state index contributed by atoms with van der Waals surface area (Å²) in [6.07, 6.45) is -0.637. The summed E-state index contributed by atoms with van der Waals surface area (Å²) in [5.41, 5.74) is 0.519. The SMILES string of the molecule is COC(=O)CC(C(=O)O)C(OC(=O)C=Cc1ccc(O)cc1)C(=O)O. The second-order valence-electron chi connectivity index (χ2n) is 4.85. The molecule has 2 atom stereocenters. The molecule has 0 saturated heterocycles. The summed E-state index contributed by atoms with van der Waals surface area (Å²) in [7, 11) is 1.02. The number of esters is 2. The number of methoxy groups -OCH3 is 1. The highest BCUT2D eigenvalue weighted by molar-refractivity contribution is 5.91. The van der Waals surface area contributed by atoms with Crippen LogP contribution < -0.4 is 0 Å². The molecule has 0 spiro atoms. The Morgan fingerprint density at radius 2 is 1.68 bits per heavy atom. The molecule has 0 aliphatic carbocycles. The molecular formula is C16H16O9. The summed E-state index contributed by atoms with van der Waals surface area (Å²) in [6, 6.07) is 5.74. The predicted molar refractivity (Wildman–Crippen MR) is 82.4 cm³/mol. The lowest BCUT2D eigenvalue weighted by Crippen LogP contribution is -2.39. The number of carboxylic acid groups (broad SMARTS) is 2. The van der Waals surface area contributed by atoms with Crippen LogP contribution in [0.25, 0.3) is 6.08 Å². The molecule has 2 unspecified atom stereocenters. The number of carbonyl (C=O) groups is 4. The summed E-state index contributed by atoms with van der Waals surface area (Å²) in [5, 5.41) is 27.3. The minimum absolute atomic E-state index is 0.0257. The van der Waals surface area contributed by atoms with Gasteiger partial charge in [0.2, 0.25) is 6.10 Å². The summed E-state index contributed by atoms with van der Waals surface area (Å²) in [5.74, 6) is -7.14. The van der Waals surface area contributed by atoms with Crippen molar-refractivity contribution in [2.75, 3.05) is 7.11 Å². The molecule has 0 aliphatic heterocycles. The van der Waals surface area contributed by atoms with Crippen LogP contribution in [0.1, 0.15) is 12.0 Å². The standard InChI is InChI=1S/C16H16O9/c1-24-13(19)8-11(15(20)21)14(16(22)23)25-12(18)7-4-9-2-5-10(17)6-3-9/h2-7,11,14,17H,8H2,1H3,(H,20,21)(H,22,23). The van der Waals surface area contributed by atoms with Gasteiger partial charge in [-0.05, 0) is 23.8 Å². The number of carboxylic acids is 2. The monoisotopic (exact) mass is 352 g/mol. The Morgan fingerprint density at radius 3 is 2.16 bits per heavy atom. The lowest BCUT2D eigenvalue weighted by molar-refractivity contribution is -0.172. The number of phenols is 1. The third kappa shape index (κ3) is 6.34. The maximum Gasteiger partial charge on any atom is 0.345 e. The highest BCUT2D eigenvalue weighted by Crippen LogP contribution is 2.16. The van der Waals surface area contributed by atoms with E-state index in [1.165, 1.54) is 30.3 Å². The minimum Gasteiger partial charge on any atom is -0.508 e. The molecule has 0 fully saturated rings. The second kappa shape index (κ2) is 9.06. The van der Waals surface area contributed by atoms with Gasteiger partial charge in [0.1, 0.15) is 11.7 Å². The number of ether oxygens (including phenoxy) is 2. The number of rotatable bonds is 8. The van der Waals surface area contributed by atoms with E-state index in [4.69, 9.17) is 15.3 Å². The van der Waals surface area contributed by atoms with E-state index in [1.54, 1.807) is 0 Å². The fraction of sp³-hybridized carbons (Fsp3) is 0.250. The zero-order chi connectivity index (χ0) is 19.0. The number of hydrogen-bond donors (Lipinski definition) is 3. The van der Waals surface area contributed by atoms with Crippen LogP contribution in [-0.4, -0.2) is 52.4 Å². The van der Waals surface area contributed by atoms with E-state index in [1.807, 2.05) is 0 Å². The summed E-state index contributed by atoms with van der Waals surface area (Å²) < 4.78 is 8.97. The van der Waals surface area contributed by atoms with Gasteiger partial charge in [-0.15, -0.1) is 0 Å². The van der Waals surface area contributed by atoms with E-state index in [0.29, 0.717) is 5.56 Å². The average Bonchev–Trinajstić information content (AvgIpc) is 2.56. The van der Waals surface area contributed by atoms with Gasteiger partial charge in [-0.2, -0.15) is 0 Å². The Bertz CT molecular complexity index is 675. The van der Waals surface area contributed by atoms with E-state index in [9.17, 15) is 19.2 Å². The molecule has 1 aromatic carbocycles. The Hall–Kier alpha value is -3.36. The number of phenolic OH excluding ortho intramolecular Hbond substituents is 1. The first-order valence-electron chi connectivity index (χ1n) is 6.94. The third-order valence-corrected chi connectivity index (χ3v) is 3.09. The minimum atomic E-state index is -2.06. The molecular weight excluding hydrogens is 336 g/mol. The first-order chi connectivity index (χ1) is 11.7. The average molecular weight is 352 g/mol. The Labute approximate surface area is 142 Å². The molecule has 1 rings (SSSR count). The van der Waals surface area contributed by atoms with Crippen molar-refractivity contribution in [3.63, 3.8) is 0 Å². The molecule has 134 valence electrons. The molecule has 0 aromatic heterocycles. The number of aromatic hydroxyl groups is 1. The molecule has 3 N–H and O–H groups in total. The lowest BCUT2D eigenvalue weighted by atomic mass is 9.98. The van der Waals surface area contributed by atoms with Crippen LogP contribution in [-0.2, 0) is 28.7 Å². The number of aliphatic carboxylic acids is 2. The smallest absolute Gasteiger partial charge is 0.345 e. The van der Waals surface area contributed by atoms with Crippen molar-refractivity contribution in [3.8, 4) is 5.75 Å². The maximum absolute atomic E-state index is 11.7. The topological polar surface area (TPSA) is 147 Å². The van der Waals surface area contributed by atoms with E-state index in [0.717, 1.165) is 13.2 Å². The Morgan fingerprint density at radius 1 is 1.08 bits per heavy atom. The molecule has 0 amide bonds.